The molecular weight excluding hydrogens is 418 g/mol. The number of amides is 1. The van der Waals surface area contributed by atoms with Crippen molar-refractivity contribution in [2.24, 2.45) is 0 Å². The summed E-state index contributed by atoms with van der Waals surface area (Å²) in [4.78, 5) is 18.7. The highest BCUT2D eigenvalue weighted by atomic mass is 16.2. The van der Waals surface area contributed by atoms with Crippen LogP contribution < -0.4 is 10.4 Å². The maximum atomic E-state index is 14.0. The Morgan fingerprint density at radius 2 is 1.79 bits per heavy atom. The standard InChI is InChI=1S/C30H31N3O/c1-22-6-4-7-25-13-14-26(24-11-9-23(20-31)10-12-24)19-28(25)29(18-22)30(34)33-17-5-8-27(33)21-32-15-2-3-16-32/h4,6-7,9-14,18-19,27H,2-3,5,8,15-17,21H2,1H3/b6-4+,7-4?,22-6?,22-18-,25-7+,29-18?,29-28+/t27-/m0/s1. The Morgan fingerprint density at radius 1 is 1.03 bits per heavy atom. The summed E-state index contributed by atoms with van der Waals surface area (Å²) in [6.45, 7) is 6.19. The molecule has 1 aliphatic carbocycles. The van der Waals surface area contributed by atoms with Gasteiger partial charge in [0.25, 0.3) is 5.91 Å². The van der Waals surface area contributed by atoms with Gasteiger partial charge in [-0.2, -0.15) is 5.26 Å². The molecule has 0 saturated carbocycles. The minimum atomic E-state index is 0.142. The van der Waals surface area contributed by atoms with Crippen molar-refractivity contribution in [3.05, 3.63) is 82.3 Å². The predicted octanol–water partition coefficient (Wildman–Crippen LogP) is 3.76. The lowest BCUT2D eigenvalue weighted by atomic mass is 9.98. The van der Waals surface area contributed by atoms with E-state index in [0.29, 0.717) is 11.6 Å². The van der Waals surface area contributed by atoms with Gasteiger partial charge < -0.3 is 9.80 Å². The number of likely N-dealkylation sites (tertiary alicyclic amines) is 2. The summed E-state index contributed by atoms with van der Waals surface area (Å²) in [5.41, 5.74) is 4.58. The maximum absolute atomic E-state index is 14.0. The van der Waals surface area contributed by atoms with Gasteiger partial charge in [-0.15, -0.1) is 0 Å². The molecule has 2 aliphatic heterocycles. The molecule has 5 rings (SSSR count). The summed E-state index contributed by atoms with van der Waals surface area (Å²) in [5, 5.41) is 11.2. The second-order valence-electron chi connectivity index (χ2n) is 9.62. The van der Waals surface area contributed by atoms with E-state index in [2.05, 4.69) is 65.3 Å². The topological polar surface area (TPSA) is 47.3 Å². The van der Waals surface area contributed by atoms with Gasteiger partial charge in [0.2, 0.25) is 0 Å². The van der Waals surface area contributed by atoms with Crippen molar-refractivity contribution < 1.29 is 4.79 Å². The second-order valence-corrected chi connectivity index (χ2v) is 9.62. The Balaban J connectivity index is 1.58. The normalized spacial score (nSPS) is 25.3. The highest BCUT2D eigenvalue weighted by Crippen LogP contribution is 2.24. The van der Waals surface area contributed by atoms with Crippen LogP contribution in [0.2, 0.25) is 0 Å². The predicted molar refractivity (Wildman–Crippen MR) is 137 cm³/mol. The van der Waals surface area contributed by atoms with Crippen LogP contribution in [0, 0.1) is 11.3 Å². The minimum absolute atomic E-state index is 0.142. The average molecular weight is 450 g/mol. The highest BCUT2D eigenvalue weighted by Gasteiger charge is 2.32. The Bertz CT molecular complexity index is 1300. The molecule has 2 saturated heterocycles. The molecule has 0 N–H and O–H groups in total. The first-order valence-electron chi connectivity index (χ1n) is 12.4. The summed E-state index contributed by atoms with van der Waals surface area (Å²) < 4.78 is 0. The van der Waals surface area contributed by atoms with Gasteiger partial charge in [0.05, 0.1) is 11.6 Å². The zero-order valence-electron chi connectivity index (χ0n) is 19.8. The lowest BCUT2D eigenvalue weighted by Gasteiger charge is -2.29. The fourth-order valence-electron chi connectivity index (χ4n) is 5.40. The quantitative estimate of drug-likeness (QED) is 0.714. The van der Waals surface area contributed by atoms with Crippen LogP contribution in [-0.2, 0) is 4.79 Å². The van der Waals surface area contributed by atoms with Gasteiger partial charge >= 0.3 is 0 Å². The fourth-order valence-corrected chi connectivity index (χ4v) is 5.40. The van der Waals surface area contributed by atoms with Crippen LogP contribution in [0.3, 0.4) is 0 Å². The molecule has 0 bridgehead atoms. The third-order valence-electron chi connectivity index (χ3n) is 7.23. The molecule has 172 valence electrons. The van der Waals surface area contributed by atoms with Crippen molar-refractivity contribution in [1.29, 1.82) is 5.26 Å². The summed E-state index contributed by atoms with van der Waals surface area (Å²) >= 11 is 0. The maximum Gasteiger partial charge on any atom is 0.254 e. The molecule has 34 heavy (non-hydrogen) atoms. The van der Waals surface area contributed by atoms with Crippen molar-refractivity contribution in [2.45, 2.75) is 38.6 Å². The summed E-state index contributed by atoms with van der Waals surface area (Å²) in [7, 11) is 0. The third kappa shape index (κ3) is 4.62. The first-order valence-corrected chi connectivity index (χ1v) is 12.4. The monoisotopic (exact) mass is 449 g/mol. The largest absolute Gasteiger partial charge is 0.334 e. The lowest BCUT2D eigenvalue weighted by molar-refractivity contribution is -0.126. The minimum Gasteiger partial charge on any atom is -0.334 e. The molecular formula is C30H31N3O. The number of nitriles is 1. The van der Waals surface area contributed by atoms with Gasteiger partial charge in [-0.25, -0.2) is 0 Å². The van der Waals surface area contributed by atoms with Crippen molar-refractivity contribution >= 4 is 17.6 Å². The number of fused-ring (bicyclic) bond motifs is 1. The van der Waals surface area contributed by atoms with Gasteiger partial charge in [0.15, 0.2) is 0 Å². The van der Waals surface area contributed by atoms with Crippen LogP contribution >= 0.6 is 0 Å². The molecule has 0 radical (unpaired) electrons. The van der Waals surface area contributed by atoms with Crippen molar-refractivity contribution in [1.82, 2.24) is 9.80 Å². The number of hydrogen-bond acceptors (Lipinski definition) is 3. The Morgan fingerprint density at radius 3 is 2.56 bits per heavy atom. The van der Waals surface area contributed by atoms with E-state index in [-0.39, 0.29) is 5.91 Å². The van der Waals surface area contributed by atoms with Crippen molar-refractivity contribution in [2.75, 3.05) is 26.2 Å². The molecule has 2 heterocycles. The highest BCUT2D eigenvalue weighted by molar-refractivity contribution is 6.17. The Labute approximate surface area is 201 Å². The first kappa shape index (κ1) is 22.4. The smallest absolute Gasteiger partial charge is 0.254 e. The second kappa shape index (κ2) is 9.83. The van der Waals surface area contributed by atoms with E-state index in [4.69, 9.17) is 5.26 Å². The van der Waals surface area contributed by atoms with E-state index in [1.807, 2.05) is 24.3 Å². The van der Waals surface area contributed by atoms with Crippen molar-refractivity contribution in [3.8, 4) is 17.2 Å². The molecule has 4 nitrogen and oxygen atoms in total. The summed E-state index contributed by atoms with van der Waals surface area (Å²) in [6.07, 6.45) is 13.0. The van der Waals surface area contributed by atoms with Crippen molar-refractivity contribution in [3.63, 3.8) is 0 Å². The molecule has 0 unspecified atom stereocenters. The molecule has 1 amide bonds. The van der Waals surface area contributed by atoms with Crippen LogP contribution in [0.1, 0.15) is 38.2 Å². The van der Waals surface area contributed by atoms with Gasteiger partial charge in [-0.3, -0.25) is 4.79 Å². The number of carbonyl (C=O) groups excluding carboxylic acids is 1. The molecule has 2 aromatic carbocycles. The van der Waals surface area contributed by atoms with Crippen LogP contribution in [-0.4, -0.2) is 47.9 Å². The molecule has 2 aromatic rings. The number of hydrogen-bond donors (Lipinski definition) is 0. The van der Waals surface area contributed by atoms with E-state index >= 15 is 0 Å². The zero-order chi connectivity index (χ0) is 23.5. The first-order chi connectivity index (χ1) is 16.6. The van der Waals surface area contributed by atoms with E-state index in [9.17, 15) is 4.79 Å². The Hall–Kier alpha value is -3.42. The molecule has 0 aromatic heterocycles. The van der Waals surface area contributed by atoms with Gasteiger partial charge in [-0.05, 0) is 91.5 Å². The fraction of sp³-hybridized carbons (Fsp3) is 0.333. The van der Waals surface area contributed by atoms with E-state index in [1.165, 1.54) is 12.8 Å². The van der Waals surface area contributed by atoms with Gasteiger partial charge in [0.1, 0.15) is 0 Å². The third-order valence-corrected chi connectivity index (χ3v) is 7.23. The van der Waals surface area contributed by atoms with E-state index in [0.717, 1.165) is 71.7 Å². The molecule has 1 atom stereocenters. The Kier molecular flexibility index (Phi) is 6.47. The van der Waals surface area contributed by atoms with E-state index < -0.39 is 0 Å². The summed E-state index contributed by atoms with van der Waals surface area (Å²) in [6, 6.07) is 16.4. The number of carbonyl (C=O) groups is 1. The lowest BCUT2D eigenvalue weighted by Crippen LogP contribution is -2.44. The number of nitrogens with zero attached hydrogens (tertiary/aromatic N) is 3. The van der Waals surface area contributed by atoms with Gasteiger partial charge in [0, 0.05) is 24.7 Å². The van der Waals surface area contributed by atoms with Crippen LogP contribution in [0.5, 0.6) is 0 Å². The SMILES string of the molecule is CC1=C/C(C(=O)N2CCC[C@H]2CN2CCCC2)=c2/cc(-c3ccc(C#N)cc3)cc/c2=C\C=C\1. The van der Waals surface area contributed by atoms with Crippen LogP contribution in [0.25, 0.3) is 22.8 Å². The van der Waals surface area contributed by atoms with Crippen LogP contribution in [0.4, 0.5) is 0 Å². The van der Waals surface area contributed by atoms with Crippen LogP contribution in [0.15, 0.2) is 66.3 Å². The average Bonchev–Trinajstić information content (AvgIpc) is 3.54. The summed E-state index contributed by atoms with van der Waals surface area (Å²) in [5.74, 6) is 0.142. The van der Waals surface area contributed by atoms with E-state index in [1.54, 1.807) is 0 Å². The molecule has 3 aliphatic rings. The van der Waals surface area contributed by atoms with Gasteiger partial charge in [-0.1, -0.05) is 48.1 Å². The number of allylic oxidation sites excluding steroid dienone is 3. The molecule has 0 spiro atoms. The number of rotatable bonds is 4. The molecule has 4 heteroatoms. The number of benzene rings is 2. The molecule has 2 fully saturated rings. The zero-order valence-corrected chi connectivity index (χ0v) is 19.8.